The summed E-state index contributed by atoms with van der Waals surface area (Å²) in [6, 6.07) is 14.0. The number of aromatic nitrogens is 3. The summed E-state index contributed by atoms with van der Waals surface area (Å²) in [5.41, 5.74) is 2.19. The monoisotopic (exact) mass is 544 g/mol. The summed E-state index contributed by atoms with van der Waals surface area (Å²) in [7, 11) is 2.05. The van der Waals surface area contributed by atoms with Gasteiger partial charge in [-0.25, -0.2) is 0 Å². The maximum Gasteiger partial charge on any atom is 0.422 e. The fourth-order valence-electron chi connectivity index (χ4n) is 3.90. The molecule has 0 radical (unpaired) electrons. The minimum absolute atomic E-state index is 0.0899. The lowest BCUT2D eigenvalue weighted by Gasteiger charge is -2.17. The fourth-order valence-corrected chi connectivity index (χ4v) is 3.90. The maximum atomic E-state index is 12.7. The third-order valence-corrected chi connectivity index (χ3v) is 5.93. The second-order valence-electron chi connectivity index (χ2n) is 9.25. The Hall–Kier alpha value is -3.93. The van der Waals surface area contributed by atoms with Crippen LogP contribution >= 0.6 is 0 Å². The number of carbonyl (C=O) groups is 1. The molecule has 1 aromatic heterocycles. The van der Waals surface area contributed by atoms with E-state index in [2.05, 4.69) is 30.5 Å². The van der Waals surface area contributed by atoms with Gasteiger partial charge in [0.2, 0.25) is 5.95 Å². The Morgan fingerprint density at radius 3 is 2.41 bits per heavy atom. The molecular weight excluding hydrogens is 513 g/mol. The molecule has 0 unspecified atom stereocenters. The van der Waals surface area contributed by atoms with Crippen LogP contribution in [-0.4, -0.2) is 71.8 Å². The Labute approximate surface area is 224 Å². The molecule has 208 valence electrons. The first-order valence-electron chi connectivity index (χ1n) is 12.7. The predicted molar refractivity (Wildman–Crippen MR) is 139 cm³/mol. The van der Waals surface area contributed by atoms with E-state index < -0.39 is 18.8 Å². The summed E-state index contributed by atoms with van der Waals surface area (Å²) in [5, 5.41) is 5.96. The number of anilines is 1. The van der Waals surface area contributed by atoms with Crippen molar-refractivity contribution in [1.82, 2.24) is 25.2 Å². The highest BCUT2D eigenvalue weighted by atomic mass is 19.4. The maximum absolute atomic E-state index is 12.7. The average molecular weight is 545 g/mol. The van der Waals surface area contributed by atoms with Gasteiger partial charge < -0.3 is 25.0 Å². The highest BCUT2D eigenvalue weighted by Gasteiger charge is 2.29. The number of halogens is 3. The largest absolute Gasteiger partial charge is 0.494 e. The molecule has 0 saturated carbocycles. The number of nitrogens with one attached hydrogen (secondary N) is 2. The first-order valence-corrected chi connectivity index (χ1v) is 12.7. The van der Waals surface area contributed by atoms with Crippen molar-refractivity contribution in [3.8, 4) is 11.8 Å². The Balaban J connectivity index is 1.54. The van der Waals surface area contributed by atoms with Gasteiger partial charge in [-0.05, 0) is 61.8 Å². The number of hydrogen-bond donors (Lipinski definition) is 2. The van der Waals surface area contributed by atoms with Gasteiger partial charge in [0.1, 0.15) is 11.6 Å². The molecule has 7 rings (SSSR count). The van der Waals surface area contributed by atoms with E-state index in [1.165, 1.54) is 0 Å². The zero-order valence-electron chi connectivity index (χ0n) is 21.6. The van der Waals surface area contributed by atoms with Crippen LogP contribution in [0.25, 0.3) is 0 Å². The van der Waals surface area contributed by atoms with Crippen LogP contribution in [0.1, 0.15) is 40.2 Å². The molecule has 4 aliphatic rings. The smallest absolute Gasteiger partial charge is 0.422 e. The van der Waals surface area contributed by atoms with E-state index in [1.54, 1.807) is 24.3 Å². The van der Waals surface area contributed by atoms with Gasteiger partial charge >= 0.3 is 12.2 Å². The summed E-state index contributed by atoms with van der Waals surface area (Å²) in [4.78, 5) is 27.1. The lowest BCUT2D eigenvalue weighted by molar-refractivity contribution is -0.154. The second-order valence-corrected chi connectivity index (χ2v) is 9.25. The van der Waals surface area contributed by atoms with Crippen LogP contribution in [0.3, 0.4) is 0 Å². The molecule has 4 aliphatic heterocycles. The van der Waals surface area contributed by atoms with Crippen molar-refractivity contribution >= 4 is 11.9 Å². The Morgan fingerprint density at radius 1 is 0.949 bits per heavy atom. The molecule has 39 heavy (non-hydrogen) atoms. The van der Waals surface area contributed by atoms with Crippen molar-refractivity contribution in [1.29, 1.82) is 0 Å². The fraction of sp³-hybridized carbons (Fsp3) is 0.407. The van der Waals surface area contributed by atoms with Gasteiger partial charge in [0.25, 0.3) is 5.91 Å². The van der Waals surface area contributed by atoms with Gasteiger partial charge in [0, 0.05) is 31.6 Å². The van der Waals surface area contributed by atoms with Gasteiger partial charge in [0.15, 0.2) is 6.61 Å². The molecule has 12 heteroatoms. The number of carbonyl (C=O) groups excluding carboxylic acids is 1. The van der Waals surface area contributed by atoms with Gasteiger partial charge in [0.05, 0.1) is 6.61 Å². The Bertz CT molecular complexity index is 1220. The zero-order valence-corrected chi connectivity index (χ0v) is 21.6. The second kappa shape index (κ2) is 13.2. The van der Waals surface area contributed by atoms with Crippen LogP contribution in [0, 0.1) is 0 Å². The Morgan fingerprint density at radius 2 is 1.67 bits per heavy atom. The van der Waals surface area contributed by atoms with E-state index in [9.17, 15) is 18.0 Å². The van der Waals surface area contributed by atoms with Crippen molar-refractivity contribution in [2.75, 3.05) is 45.2 Å². The predicted octanol–water partition coefficient (Wildman–Crippen LogP) is 3.85. The molecule has 0 aliphatic carbocycles. The van der Waals surface area contributed by atoms with Crippen LogP contribution in [0.15, 0.2) is 48.5 Å². The minimum atomic E-state index is -4.53. The lowest BCUT2D eigenvalue weighted by Crippen LogP contribution is -2.29. The van der Waals surface area contributed by atoms with Crippen molar-refractivity contribution in [3.63, 3.8) is 0 Å². The lowest BCUT2D eigenvalue weighted by atomic mass is 10.1. The van der Waals surface area contributed by atoms with Crippen molar-refractivity contribution in [2.45, 2.75) is 32.0 Å². The zero-order chi connectivity index (χ0) is 27.7. The van der Waals surface area contributed by atoms with E-state index in [0.717, 1.165) is 42.8 Å². The minimum Gasteiger partial charge on any atom is -0.494 e. The van der Waals surface area contributed by atoms with Gasteiger partial charge in [-0.15, -0.1) is 0 Å². The number of hydrogen-bond acceptors (Lipinski definition) is 8. The molecule has 2 N–H and O–H groups in total. The molecule has 0 atom stereocenters. The third kappa shape index (κ3) is 9.40. The summed E-state index contributed by atoms with van der Waals surface area (Å²) in [6.45, 7) is 1.66. The van der Waals surface area contributed by atoms with Gasteiger partial charge in [-0.2, -0.15) is 28.1 Å². The molecule has 5 heterocycles. The first-order chi connectivity index (χ1) is 18.7. The van der Waals surface area contributed by atoms with E-state index in [0.29, 0.717) is 25.3 Å². The number of benzene rings is 2. The van der Waals surface area contributed by atoms with Crippen molar-refractivity contribution in [2.24, 2.45) is 0 Å². The van der Waals surface area contributed by atoms with Crippen LogP contribution in [-0.2, 0) is 13.0 Å². The van der Waals surface area contributed by atoms with Crippen LogP contribution in [0.4, 0.5) is 19.1 Å². The van der Waals surface area contributed by atoms with Crippen LogP contribution in [0.2, 0.25) is 0 Å². The summed E-state index contributed by atoms with van der Waals surface area (Å²) in [6.07, 6.45) is -2.65. The van der Waals surface area contributed by atoms with Crippen LogP contribution < -0.4 is 20.1 Å². The summed E-state index contributed by atoms with van der Waals surface area (Å²) in [5.74, 6) is 0.887. The van der Waals surface area contributed by atoms with E-state index >= 15 is 0 Å². The quantitative estimate of drug-likeness (QED) is 0.502. The molecule has 3 aromatic rings. The number of amides is 1. The normalized spacial score (nSPS) is 16.1. The first kappa shape index (κ1) is 28.1. The number of alkyl halides is 3. The standard InChI is InChI=1S/C27H31F3N6O3/c1-36-13-2-12-31-24(37)21-8-4-19(5-9-21)16-23-33-25(35-26(34-23)39-18-27(28,29)30)32-17-20-6-10-22(11-7-20)38-15-3-14-36/h4-11H,2-3,12-18H2,1H3,(H,31,37)(H,32,33,34,35). The molecule has 0 fully saturated rings. The summed E-state index contributed by atoms with van der Waals surface area (Å²) >= 11 is 0. The third-order valence-electron chi connectivity index (χ3n) is 5.93. The van der Waals surface area contributed by atoms with Crippen molar-refractivity contribution < 1.29 is 27.4 Å². The average Bonchev–Trinajstić information content (AvgIpc) is 2.91. The van der Waals surface area contributed by atoms with E-state index in [4.69, 9.17) is 9.47 Å². The topological polar surface area (TPSA) is 102 Å². The molecule has 0 spiro atoms. The van der Waals surface area contributed by atoms with E-state index in [1.807, 2.05) is 31.3 Å². The number of ether oxygens (including phenoxy) is 2. The molecule has 2 aromatic carbocycles. The van der Waals surface area contributed by atoms with Gasteiger partial charge in [-0.3, -0.25) is 4.79 Å². The Kier molecular flexibility index (Phi) is 9.53. The van der Waals surface area contributed by atoms with E-state index in [-0.39, 0.29) is 24.1 Å². The highest BCUT2D eigenvalue weighted by Crippen LogP contribution is 2.19. The highest BCUT2D eigenvalue weighted by molar-refractivity contribution is 5.94. The molecule has 1 amide bonds. The number of nitrogens with zero attached hydrogens (tertiary/aromatic N) is 4. The SMILES string of the molecule is CN1CCCNC(=O)c2ccc(cc2)Cc2nc(nc(OCC(F)(F)F)n2)NCc2ccc(cc2)OCCC1. The van der Waals surface area contributed by atoms with Crippen molar-refractivity contribution in [3.05, 3.63) is 71.0 Å². The molecule has 0 saturated heterocycles. The summed E-state index contributed by atoms with van der Waals surface area (Å²) < 4.78 is 48.8. The van der Waals surface area contributed by atoms with Crippen LogP contribution in [0.5, 0.6) is 11.8 Å². The molecular formula is C27H31F3N6O3. The van der Waals surface area contributed by atoms with Gasteiger partial charge in [-0.1, -0.05) is 24.3 Å². The molecule has 6 bridgehead atoms. The number of rotatable bonds is 2. The molecule has 9 nitrogen and oxygen atoms in total.